The molecule has 1 aromatic carbocycles. The number of piperazine rings is 1. The molecule has 1 aliphatic heterocycles. The SMILES string of the molecule is O=C(CCN1CCN(c2cc(F)cc(F)c2)CC1)NC1CC1. The fourth-order valence-electron chi connectivity index (χ4n) is 2.74. The number of hydrogen-bond donors (Lipinski definition) is 1. The number of benzene rings is 1. The van der Waals surface area contributed by atoms with Gasteiger partial charge >= 0.3 is 0 Å². The lowest BCUT2D eigenvalue weighted by molar-refractivity contribution is -0.121. The topological polar surface area (TPSA) is 35.6 Å². The molecule has 1 aliphatic carbocycles. The first-order valence-electron chi connectivity index (χ1n) is 7.83. The van der Waals surface area contributed by atoms with Gasteiger partial charge in [0.15, 0.2) is 0 Å². The maximum Gasteiger partial charge on any atom is 0.221 e. The van der Waals surface area contributed by atoms with E-state index in [9.17, 15) is 13.6 Å². The summed E-state index contributed by atoms with van der Waals surface area (Å²) in [6.07, 6.45) is 2.73. The van der Waals surface area contributed by atoms with Gasteiger partial charge in [-0.1, -0.05) is 0 Å². The van der Waals surface area contributed by atoms with Gasteiger partial charge in [0.25, 0.3) is 0 Å². The van der Waals surface area contributed by atoms with Crippen LogP contribution in [0, 0.1) is 11.6 Å². The maximum atomic E-state index is 13.3. The molecule has 120 valence electrons. The molecule has 1 aromatic rings. The fourth-order valence-corrected chi connectivity index (χ4v) is 2.74. The molecule has 0 spiro atoms. The van der Waals surface area contributed by atoms with Crippen molar-refractivity contribution in [3.63, 3.8) is 0 Å². The number of nitrogens with zero attached hydrogens (tertiary/aromatic N) is 2. The van der Waals surface area contributed by atoms with Crippen molar-refractivity contribution in [1.82, 2.24) is 10.2 Å². The summed E-state index contributed by atoms with van der Waals surface area (Å²) in [4.78, 5) is 15.9. The van der Waals surface area contributed by atoms with Crippen LogP contribution in [0.3, 0.4) is 0 Å². The normalized spacial score (nSPS) is 19.3. The summed E-state index contributed by atoms with van der Waals surface area (Å²) in [7, 11) is 0. The standard InChI is InChI=1S/C16H21F2N3O/c17-12-9-13(18)11-15(10-12)21-7-5-20(6-8-21)4-3-16(22)19-14-1-2-14/h9-11,14H,1-8H2,(H,19,22). The zero-order valence-corrected chi connectivity index (χ0v) is 12.5. The lowest BCUT2D eigenvalue weighted by Crippen LogP contribution is -2.47. The van der Waals surface area contributed by atoms with E-state index in [-0.39, 0.29) is 5.91 Å². The first kappa shape index (κ1) is 15.2. The van der Waals surface area contributed by atoms with Crippen LogP contribution in [-0.2, 0) is 4.79 Å². The second-order valence-electron chi connectivity index (χ2n) is 6.05. The third-order valence-electron chi connectivity index (χ3n) is 4.18. The molecule has 1 amide bonds. The van der Waals surface area contributed by atoms with Crippen LogP contribution in [0.1, 0.15) is 19.3 Å². The summed E-state index contributed by atoms with van der Waals surface area (Å²) < 4.78 is 26.5. The highest BCUT2D eigenvalue weighted by molar-refractivity contribution is 5.76. The number of anilines is 1. The van der Waals surface area contributed by atoms with Crippen LogP contribution < -0.4 is 10.2 Å². The Bertz CT molecular complexity index is 520. The molecular formula is C16H21F2N3O. The second-order valence-corrected chi connectivity index (χ2v) is 6.05. The molecule has 3 rings (SSSR count). The summed E-state index contributed by atoms with van der Waals surface area (Å²) in [6, 6.07) is 4.02. The molecule has 2 fully saturated rings. The minimum Gasteiger partial charge on any atom is -0.369 e. The van der Waals surface area contributed by atoms with E-state index in [4.69, 9.17) is 0 Å². The summed E-state index contributed by atoms with van der Waals surface area (Å²) in [5.41, 5.74) is 0.587. The Morgan fingerprint density at radius 3 is 2.32 bits per heavy atom. The predicted octanol–water partition coefficient (Wildman–Crippen LogP) is 1.76. The van der Waals surface area contributed by atoms with Crippen LogP contribution in [0.25, 0.3) is 0 Å². The molecule has 0 unspecified atom stereocenters. The fraction of sp³-hybridized carbons (Fsp3) is 0.562. The predicted molar refractivity (Wildman–Crippen MR) is 80.8 cm³/mol. The molecule has 0 bridgehead atoms. The Kier molecular flexibility index (Phi) is 4.57. The first-order valence-corrected chi connectivity index (χ1v) is 7.83. The molecular weight excluding hydrogens is 288 g/mol. The molecule has 1 saturated carbocycles. The summed E-state index contributed by atoms with van der Waals surface area (Å²) in [5.74, 6) is -0.972. The van der Waals surface area contributed by atoms with Crippen LogP contribution in [0.4, 0.5) is 14.5 Å². The number of nitrogens with one attached hydrogen (secondary N) is 1. The zero-order valence-electron chi connectivity index (χ0n) is 12.5. The highest BCUT2D eigenvalue weighted by atomic mass is 19.1. The number of carbonyl (C=O) groups is 1. The van der Waals surface area contributed by atoms with Crippen molar-refractivity contribution in [2.75, 3.05) is 37.6 Å². The number of carbonyl (C=O) groups excluding carboxylic acids is 1. The highest BCUT2D eigenvalue weighted by Crippen LogP contribution is 2.20. The molecule has 1 N–H and O–H groups in total. The molecule has 0 radical (unpaired) electrons. The molecule has 0 aromatic heterocycles. The third kappa shape index (κ3) is 4.16. The van der Waals surface area contributed by atoms with Crippen molar-refractivity contribution in [1.29, 1.82) is 0 Å². The van der Waals surface area contributed by atoms with Gasteiger partial charge in [0.1, 0.15) is 11.6 Å². The van der Waals surface area contributed by atoms with E-state index in [1.165, 1.54) is 12.1 Å². The van der Waals surface area contributed by atoms with Crippen molar-refractivity contribution in [3.05, 3.63) is 29.8 Å². The number of hydrogen-bond acceptors (Lipinski definition) is 3. The maximum absolute atomic E-state index is 13.3. The second kappa shape index (κ2) is 6.60. The molecule has 4 nitrogen and oxygen atoms in total. The van der Waals surface area contributed by atoms with Gasteiger partial charge in [-0.15, -0.1) is 0 Å². The average Bonchev–Trinajstić information content (AvgIpc) is 3.28. The highest BCUT2D eigenvalue weighted by Gasteiger charge is 2.24. The van der Waals surface area contributed by atoms with E-state index in [2.05, 4.69) is 10.2 Å². The lowest BCUT2D eigenvalue weighted by Gasteiger charge is -2.36. The lowest BCUT2D eigenvalue weighted by atomic mass is 10.2. The molecule has 0 atom stereocenters. The Balaban J connectivity index is 1.44. The minimum absolute atomic E-state index is 0.122. The number of amides is 1. The minimum atomic E-state index is -0.547. The molecule has 2 aliphatic rings. The van der Waals surface area contributed by atoms with Crippen LogP contribution in [0.15, 0.2) is 18.2 Å². The number of rotatable bonds is 5. The van der Waals surface area contributed by atoms with Gasteiger partial charge in [-0.3, -0.25) is 9.69 Å². The molecule has 22 heavy (non-hydrogen) atoms. The Morgan fingerprint density at radius 2 is 1.73 bits per heavy atom. The molecule has 1 heterocycles. The van der Waals surface area contributed by atoms with E-state index in [0.29, 0.717) is 31.2 Å². The van der Waals surface area contributed by atoms with E-state index in [0.717, 1.165) is 38.5 Å². The van der Waals surface area contributed by atoms with Gasteiger partial charge in [0.2, 0.25) is 5.91 Å². The Hall–Kier alpha value is -1.69. The average molecular weight is 309 g/mol. The van der Waals surface area contributed by atoms with Gasteiger partial charge < -0.3 is 10.2 Å². The summed E-state index contributed by atoms with van der Waals surface area (Å²) >= 11 is 0. The van der Waals surface area contributed by atoms with Gasteiger partial charge in [-0.05, 0) is 25.0 Å². The smallest absolute Gasteiger partial charge is 0.221 e. The monoisotopic (exact) mass is 309 g/mol. The van der Waals surface area contributed by atoms with Gasteiger partial charge in [0.05, 0.1) is 0 Å². The first-order chi connectivity index (χ1) is 10.6. The van der Waals surface area contributed by atoms with Crippen LogP contribution in [-0.4, -0.2) is 49.6 Å². The van der Waals surface area contributed by atoms with E-state index < -0.39 is 11.6 Å². The van der Waals surface area contributed by atoms with Gasteiger partial charge in [0, 0.05) is 56.9 Å². The van der Waals surface area contributed by atoms with Crippen LogP contribution in [0.2, 0.25) is 0 Å². The van der Waals surface area contributed by atoms with Crippen molar-refractivity contribution in [2.45, 2.75) is 25.3 Å². The van der Waals surface area contributed by atoms with Crippen molar-refractivity contribution in [3.8, 4) is 0 Å². The van der Waals surface area contributed by atoms with E-state index in [1.54, 1.807) is 0 Å². The largest absolute Gasteiger partial charge is 0.369 e. The molecule has 1 saturated heterocycles. The summed E-state index contributed by atoms with van der Waals surface area (Å²) in [6.45, 7) is 3.77. The van der Waals surface area contributed by atoms with Crippen LogP contribution in [0.5, 0.6) is 0 Å². The summed E-state index contributed by atoms with van der Waals surface area (Å²) in [5, 5.41) is 2.98. The third-order valence-corrected chi connectivity index (χ3v) is 4.18. The van der Waals surface area contributed by atoms with E-state index >= 15 is 0 Å². The Morgan fingerprint density at radius 1 is 1.09 bits per heavy atom. The van der Waals surface area contributed by atoms with Crippen molar-refractivity contribution >= 4 is 11.6 Å². The van der Waals surface area contributed by atoms with Gasteiger partial charge in [-0.25, -0.2) is 8.78 Å². The quantitative estimate of drug-likeness (QED) is 0.900. The van der Waals surface area contributed by atoms with Crippen molar-refractivity contribution < 1.29 is 13.6 Å². The zero-order chi connectivity index (χ0) is 15.5. The number of halogens is 2. The van der Waals surface area contributed by atoms with Gasteiger partial charge in [-0.2, -0.15) is 0 Å². The Labute approximate surface area is 129 Å². The van der Waals surface area contributed by atoms with E-state index in [1.807, 2.05) is 4.90 Å². The molecule has 6 heteroatoms. The van der Waals surface area contributed by atoms with Crippen LogP contribution >= 0.6 is 0 Å². The van der Waals surface area contributed by atoms with Crippen molar-refractivity contribution in [2.24, 2.45) is 0 Å².